The number of benzene rings is 1. The molecule has 2 unspecified atom stereocenters. The number of hydrogen-bond donors (Lipinski definition) is 2. The fourth-order valence-electron chi connectivity index (χ4n) is 3.61. The van der Waals surface area contributed by atoms with E-state index in [1.807, 2.05) is 11.8 Å². The van der Waals surface area contributed by atoms with Gasteiger partial charge in [0.2, 0.25) is 11.8 Å². The molecular formula is C19H27FN4O2. The molecule has 2 fully saturated rings. The molecule has 0 radical (unpaired) electrons. The Kier molecular flexibility index (Phi) is 6.21. The van der Waals surface area contributed by atoms with Gasteiger partial charge in [0, 0.05) is 44.3 Å². The number of halogens is 1. The van der Waals surface area contributed by atoms with Crippen LogP contribution >= 0.6 is 0 Å². The summed E-state index contributed by atoms with van der Waals surface area (Å²) in [5.41, 5.74) is 0.458. The van der Waals surface area contributed by atoms with Crippen molar-refractivity contribution >= 4 is 17.5 Å². The van der Waals surface area contributed by atoms with Gasteiger partial charge in [0.05, 0.1) is 6.04 Å². The molecule has 2 aliphatic rings. The van der Waals surface area contributed by atoms with Gasteiger partial charge in [0.1, 0.15) is 5.82 Å². The van der Waals surface area contributed by atoms with Crippen molar-refractivity contribution in [2.75, 3.05) is 38.0 Å². The largest absolute Gasteiger partial charge is 0.340 e. The molecule has 0 spiro atoms. The summed E-state index contributed by atoms with van der Waals surface area (Å²) in [6.45, 7) is 5.47. The van der Waals surface area contributed by atoms with Crippen LogP contribution in [0, 0.1) is 5.82 Å². The zero-order valence-corrected chi connectivity index (χ0v) is 15.2. The van der Waals surface area contributed by atoms with Crippen LogP contribution in [0.1, 0.15) is 26.2 Å². The summed E-state index contributed by atoms with van der Waals surface area (Å²) < 4.78 is 13.2. The third-order valence-electron chi connectivity index (χ3n) is 5.27. The van der Waals surface area contributed by atoms with Crippen molar-refractivity contribution in [3.63, 3.8) is 0 Å². The molecule has 2 saturated heterocycles. The Balaban J connectivity index is 1.45. The zero-order chi connectivity index (χ0) is 18.5. The highest BCUT2D eigenvalue weighted by Crippen LogP contribution is 2.15. The van der Waals surface area contributed by atoms with E-state index in [1.54, 1.807) is 12.1 Å². The Hall–Kier alpha value is -1.99. The lowest BCUT2D eigenvalue weighted by Crippen LogP contribution is -2.54. The van der Waals surface area contributed by atoms with Crippen molar-refractivity contribution in [2.24, 2.45) is 0 Å². The standard InChI is InChI=1S/C19H27FN4O2/c1-14(19(26)22-17-5-2-4-15(20)12-17)23-8-10-24(11-9-23)18(25)13-16-6-3-7-21-16/h2,4-5,12,14,16,21H,3,6-11,13H2,1H3,(H,22,26). The molecule has 142 valence electrons. The smallest absolute Gasteiger partial charge is 0.241 e. The molecule has 0 aliphatic carbocycles. The van der Waals surface area contributed by atoms with Crippen molar-refractivity contribution in [1.29, 1.82) is 0 Å². The second-order valence-electron chi connectivity index (χ2n) is 7.09. The summed E-state index contributed by atoms with van der Waals surface area (Å²) in [7, 11) is 0. The van der Waals surface area contributed by atoms with E-state index in [0.717, 1.165) is 19.4 Å². The summed E-state index contributed by atoms with van der Waals surface area (Å²) in [6.07, 6.45) is 2.78. The molecule has 0 bridgehead atoms. The minimum Gasteiger partial charge on any atom is -0.340 e. The SMILES string of the molecule is CC(C(=O)Nc1cccc(F)c1)N1CCN(C(=O)CC2CCCN2)CC1. The lowest BCUT2D eigenvalue weighted by Gasteiger charge is -2.37. The average molecular weight is 362 g/mol. The summed E-state index contributed by atoms with van der Waals surface area (Å²) in [4.78, 5) is 28.8. The molecular weight excluding hydrogens is 335 g/mol. The van der Waals surface area contributed by atoms with E-state index in [0.29, 0.717) is 44.3 Å². The molecule has 2 amide bonds. The Morgan fingerprint density at radius 3 is 2.73 bits per heavy atom. The Morgan fingerprint density at radius 2 is 2.08 bits per heavy atom. The highest BCUT2D eigenvalue weighted by Gasteiger charge is 2.28. The van der Waals surface area contributed by atoms with E-state index in [2.05, 4.69) is 15.5 Å². The number of carbonyl (C=O) groups is 2. The van der Waals surface area contributed by atoms with Gasteiger partial charge in [-0.3, -0.25) is 14.5 Å². The van der Waals surface area contributed by atoms with Crippen LogP contribution < -0.4 is 10.6 Å². The molecule has 26 heavy (non-hydrogen) atoms. The first-order valence-electron chi connectivity index (χ1n) is 9.34. The summed E-state index contributed by atoms with van der Waals surface area (Å²) >= 11 is 0. The van der Waals surface area contributed by atoms with Crippen molar-refractivity contribution in [3.8, 4) is 0 Å². The van der Waals surface area contributed by atoms with Gasteiger partial charge < -0.3 is 15.5 Å². The Morgan fingerprint density at radius 1 is 1.31 bits per heavy atom. The second-order valence-corrected chi connectivity index (χ2v) is 7.09. The third kappa shape index (κ3) is 4.80. The number of rotatable bonds is 5. The lowest BCUT2D eigenvalue weighted by molar-refractivity contribution is -0.134. The van der Waals surface area contributed by atoms with Crippen LogP contribution in [0.25, 0.3) is 0 Å². The van der Waals surface area contributed by atoms with Crippen LogP contribution in [0.3, 0.4) is 0 Å². The van der Waals surface area contributed by atoms with E-state index in [4.69, 9.17) is 0 Å². The monoisotopic (exact) mass is 362 g/mol. The van der Waals surface area contributed by atoms with E-state index >= 15 is 0 Å². The fraction of sp³-hybridized carbons (Fsp3) is 0.579. The van der Waals surface area contributed by atoms with Gasteiger partial charge in [-0.15, -0.1) is 0 Å². The molecule has 2 atom stereocenters. The summed E-state index contributed by atoms with van der Waals surface area (Å²) in [5.74, 6) is -0.342. The third-order valence-corrected chi connectivity index (χ3v) is 5.27. The number of hydrogen-bond acceptors (Lipinski definition) is 4. The average Bonchev–Trinajstić information content (AvgIpc) is 3.14. The van der Waals surface area contributed by atoms with Gasteiger partial charge in [-0.1, -0.05) is 6.07 Å². The molecule has 3 rings (SSSR count). The number of nitrogens with zero attached hydrogens (tertiary/aromatic N) is 2. The molecule has 1 aromatic carbocycles. The predicted octanol–water partition coefficient (Wildman–Crippen LogP) is 1.44. The van der Waals surface area contributed by atoms with E-state index < -0.39 is 0 Å². The molecule has 1 aromatic rings. The molecule has 6 nitrogen and oxygen atoms in total. The number of piperazine rings is 1. The molecule has 0 aromatic heterocycles. The first-order valence-corrected chi connectivity index (χ1v) is 9.34. The van der Waals surface area contributed by atoms with Crippen LogP contribution in [-0.2, 0) is 9.59 Å². The highest BCUT2D eigenvalue weighted by molar-refractivity contribution is 5.94. The van der Waals surface area contributed by atoms with Gasteiger partial charge in [-0.25, -0.2) is 4.39 Å². The minimum absolute atomic E-state index is 0.162. The first kappa shape index (κ1) is 18.8. The fourth-order valence-corrected chi connectivity index (χ4v) is 3.61. The molecule has 0 saturated carbocycles. The Labute approximate surface area is 153 Å². The van der Waals surface area contributed by atoms with Crippen LogP contribution in [0.5, 0.6) is 0 Å². The maximum Gasteiger partial charge on any atom is 0.241 e. The number of anilines is 1. The number of carbonyl (C=O) groups excluding carboxylic acids is 2. The number of amides is 2. The molecule has 2 heterocycles. The van der Waals surface area contributed by atoms with E-state index in [9.17, 15) is 14.0 Å². The number of nitrogens with one attached hydrogen (secondary N) is 2. The topological polar surface area (TPSA) is 64.7 Å². The van der Waals surface area contributed by atoms with Gasteiger partial charge >= 0.3 is 0 Å². The van der Waals surface area contributed by atoms with Crippen molar-refractivity contribution in [2.45, 2.75) is 38.3 Å². The van der Waals surface area contributed by atoms with Gasteiger partial charge in [-0.2, -0.15) is 0 Å². The first-order chi connectivity index (χ1) is 12.5. The zero-order valence-electron chi connectivity index (χ0n) is 15.2. The Bertz CT molecular complexity index is 640. The van der Waals surface area contributed by atoms with Gasteiger partial charge in [0.15, 0.2) is 0 Å². The van der Waals surface area contributed by atoms with Gasteiger partial charge in [0.25, 0.3) is 0 Å². The maximum absolute atomic E-state index is 13.2. The van der Waals surface area contributed by atoms with E-state index in [-0.39, 0.29) is 23.7 Å². The van der Waals surface area contributed by atoms with Crippen LogP contribution in [0.4, 0.5) is 10.1 Å². The normalized spacial score (nSPS) is 22.2. The van der Waals surface area contributed by atoms with Crippen LogP contribution in [0.15, 0.2) is 24.3 Å². The molecule has 2 aliphatic heterocycles. The van der Waals surface area contributed by atoms with Crippen molar-refractivity contribution in [1.82, 2.24) is 15.1 Å². The molecule has 7 heteroatoms. The summed E-state index contributed by atoms with van der Waals surface area (Å²) in [5, 5.41) is 6.11. The van der Waals surface area contributed by atoms with Gasteiger partial charge in [-0.05, 0) is 44.5 Å². The van der Waals surface area contributed by atoms with Crippen LogP contribution in [0.2, 0.25) is 0 Å². The van der Waals surface area contributed by atoms with Crippen molar-refractivity contribution in [3.05, 3.63) is 30.1 Å². The highest BCUT2D eigenvalue weighted by atomic mass is 19.1. The maximum atomic E-state index is 13.2. The van der Waals surface area contributed by atoms with Crippen molar-refractivity contribution < 1.29 is 14.0 Å². The molecule has 2 N–H and O–H groups in total. The lowest BCUT2D eigenvalue weighted by atomic mass is 10.1. The van der Waals surface area contributed by atoms with Crippen LogP contribution in [-0.4, -0.2) is 66.4 Å². The minimum atomic E-state index is -0.376. The predicted molar refractivity (Wildman–Crippen MR) is 98.3 cm³/mol. The quantitative estimate of drug-likeness (QED) is 0.832. The second kappa shape index (κ2) is 8.60. The van der Waals surface area contributed by atoms with E-state index in [1.165, 1.54) is 12.1 Å². The summed E-state index contributed by atoms with van der Waals surface area (Å²) in [6, 6.07) is 5.87.